The first-order valence-electron chi connectivity index (χ1n) is 5.56. The molecule has 0 aromatic heterocycles. The summed E-state index contributed by atoms with van der Waals surface area (Å²) in [4.78, 5) is 11.0. The van der Waals surface area contributed by atoms with Crippen LogP contribution in [-0.2, 0) is 16.1 Å². The molecule has 17 heavy (non-hydrogen) atoms. The van der Waals surface area contributed by atoms with Crippen LogP contribution in [0.25, 0.3) is 0 Å². The summed E-state index contributed by atoms with van der Waals surface area (Å²) in [6.45, 7) is 0.444. The van der Waals surface area contributed by atoms with Crippen LogP contribution >= 0.6 is 0 Å². The lowest BCUT2D eigenvalue weighted by Gasteiger charge is -2.12. The third-order valence-electron chi connectivity index (χ3n) is 2.52. The van der Waals surface area contributed by atoms with Gasteiger partial charge in [-0.15, -0.1) is 0 Å². The van der Waals surface area contributed by atoms with Gasteiger partial charge in [0.15, 0.2) is 6.29 Å². The molecule has 0 aliphatic rings. The highest BCUT2D eigenvalue weighted by Gasteiger charge is 2.09. The second kappa shape index (κ2) is 5.97. The van der Waals surface area contributed by atoms with Crippen LogP contribution < -0.4 is 0 Å². The second-order valence-electron chi connectivity index (χ2n) is 3.76. The second-order valence-corrected chi connectivity index (χ2v) is 3.76. The molecule has 2 heteroatoms. The van der Waals surface area contributed by atoms with Gasteiger partial charge in [0.05, 0.1) is 6.61 Å². The molecule has 0 aliphatic heterocycles. The number of hydrogen-bond acceptors (Lipinski definition) is 2. The van der Waals surface area contributed by atoms with Crippen LogP contribution in [0.4, 0.5) is 0 Å². The Balaban J connectivity index is 2.00. The van der Waals surface area contributed by atoms with E-state index in [1.165, 1.54) is 0 Å². The van der Waals surface area contributed by atoms with E-state index in [2.05, 4.69) is 0 Å². The Morgan fingerprint density at radius 1 is 0.941 bits per heavy atom. The molecule has 0 heterocycles. The fourth-order valence-corrected chi connectivity index (χ4v) is 1.62. The number of rotatable bonds is 5. The molecular weight excluding hydrogens is 212 g/mol. The zero-order valence-electron chi connectivity index (χ0n) is 9.45. The monoisotopic (exact) mass is 226 g/mol. The van der Waals surface area contributed by atoms with Crippen molar-refractivity contribution in [2.75, 3.05) is 0 Å². The third kappa shape index (κ3) is 3.26. The van der Waals surface area contributed by atoms with Crippen molar-refractivity contribution in [3.05, 3.63) is 71.8 Å². The zero-order valence-corrected chi connectivity index (χ0v) is 9.45. The summed E-state index contributed by atoms with van der Waals surface area (Å²) in [7, 11) is 0. The van der Waals surface area contributed by atoms with E-state index in [-0.39, 0.29) is 0 Å². The van der Waals surface area contributed by atoms with Gasteiger partial charge in [0.1, 0.15) is 6.10 Å². The van der Waals surface area contributed by atoms with Crippen molar-refractivity contribution in [1.29, 1.82) is 0 Å². The van der Waals surface area contributed by atoms with Gasteiger partial charge in [-0.1, -0.05) is 60.7 Å². The SMILES string of the molecule is O=C[C@H](OCc1ccccc1)c1ccccc1. The van der Waals surface area contributed by atoms with E-state index in [0.29, 0.717) is 6.61 Å². The summed E-state index contributed by atoms with van der Waals surface area (Å²) in [6, 6.07) is 19.3. The first-order valence-corrected chi connectivity index (χ1v) is 5.56. The number of aldehydes is 1. The van der Waals surface area contributed by atoms with Gasteiger partial charge in [-0.3, -0.25) is 0 Å². The highest BCUT2D eigenvalue weighted by molar-refractivity contribution is 5.59. The topological polar surface area (TPSA) is 26.3 Å². The quantitative estimate of drug-likeness (QED) is 0.732. The molecule has 0 spiro atoms. The first-order chi connectivity index (χ1) is 8.40. The molecule has 0 saturated carbocycles. The molecule has 0 amide bonds. The van der Waals surface area contributed by atoms with Crippen molar-refractivity contribution in [2.45, 2.75) is 12.7 Å². The highest BCUT2D eigenvalue weighted by Crippen LogP contribution is 2.16. The van der Waals surface area contributed by atoms with Crippen molar-refractivity contribution in [2.24, 2.45) is 0 Å². The van der Waals surface area contributed by atoms with Gasteiger partial charge in [0, 0.05) is 0 Å². The average Bonchev–Trinajstić information content (AvgIpc) is 2.42. The van der Waals surface area contributed by atoms with Crippen LogP contribution in [0.1, 0.15) is 17.2 Å². The minimum absolute atomic E-state index is 0.444. The Morgan fingerprint density at radius 2 is 1.53 bits per heavy atom. The van der Waals surface area contributed by atoms with Gasteiger partial charge in [0.2, 0.25) is 0 Å². The number of carbonyl (C=O) groups is 1. The van der Waals surface area contributed by atoms with Gasteiger partial charge < -0.3 is 9.53 Å². The van der Waals surface area contributed by atoms with Crippen LogP contribution in [0.5, 0.6) is 0 Å². The third-order valence-corrected chi connectivity index (χ3v) is 2.52. The highest BCUT2D eigenvalue weighted by atomic mass is 16.5. The summed E-state index contributed by atoms with van der Waals surface area (Å²) in [5, 5.41) is 0. The number of ether oxygens (including phenoxy) is 1. The van der Waals surface area contributed by atoms with Gasteiger partial charge in [-0.25, -0.2) is 0 Å². The molecule has 2 nitrogen and oxygen atoms in total. The fraction of sp³-hybridized carbons (Fsp3) is 0.133. The summed E-state index contributed by atoms with van der Waals surface area (Å²) in [6.07, 6.45) is 0.342. The molecule has 0 radical (unpaired) electrons. The molecular formula is C15H14O2. The average molecular weight is 226 g/mol. The predicted octanol–water partition coefficient (Wildman–Crippen LogP) is 3.14. The molecule has 0 unspecified atom stereocenters. The molecule has 0 N–H and O–H groups in total. The molecule has 1 atom stereocenters. The minimum atomic E-state index is -0.489. The molecule has 0 bridgehead atoms. The Labute approximate surface area is 101 Å². The minimum Gasteiger partial charge on any atom is -0.361 e. The maximum Gasteiger partial charge on any atom is 0.153 e. The van der Waals surface area contributed by atoms with Crippen molar-refractivity contribution in [1.82, 2.24) is 0 Å². The number of benzene rings is 2. The van der Waals surface area contributed by atoms with Crippen molar-refractivity contribution in [3.8, 4) is 0 Å². The largest absolute Gasteiger partial charge is 0.361 e. The summed E-state index contributed by atoms with van der Waals surface area (Å²) in [5.41, 5.74) is 1.95. The summed E-state index contributed by atoms with van der Waals surface area (Å²) >= 11 is 0. The van der Waals surface area contributed by atoms with Gasteiger partial charge in [0.25, 0.3) is 0 Å². The van der Waals surface area contributed by atoms with E-state index in [9.17, 15) is 4.79 Å². The maximum atomic E-state index is 11.0. The molecule has 2 aromatic rings. The van der Waals surface area contributed by atoms with Crippen molar-refractivity contribution in [3.63, 3.8) is 0 Å². The molecule has 0 saturated heterocycles. The maximum absolute atomic E-state index is 11.0. The van der Waals surface area contributed by atoms with E-state index < -0.39 is 6.10 Å². The normalized spacial score (nSPS) is 12.0. The van der Waals surface area contributed by atoms with Crippen LogP contribution in [0.3, 0.4) is 0 Å². The van der Waals surface area contributed by atoms with Crippen LogP contribution in [0.2, 0.25) is 0 Å². The standard InChI is InChI=1S/C15H14O2/c16-11-15(14-9-5-2-6-10-14)17-12-13-7-3-1-4-8-13/h1-11,15H,12H2/t15-/m0/s1. The lowest BCUT2D eigenvalue weighted by Crippen LogP contribution is -2.05. The first kappa shape index (κ1) is 11.6. The van der Waals surface area contributed by atoms with E-state index in [1.54, 1.807) is 0 Å². The van der Waals surface area contributed by atoms with Crippen LogP contribution in [0.15, 0.2) is 60.7 Å². The van der Waals surface area contributed by atoms with E-state index >= 15 is 0 Å². The summed E-state index contributed by atoms with van der Waals surface area (Å²) in [5.74, 6) is 0. The Kier molecular flexibility index (Phi) is 4.05. The van der Waals surface area contributed by atoms with Crippen LogP contribution in [0, 0.1) is 0 Å². The smallest absolute Gasteiger partial charge is 0.153 e. The fourth-order valence-electron chi connectivity index (χ4n) is 1.62. The molecule has 0 fully saturated rings. The van der Waals surface area contributed by atoms with Crippen molar-refractivity contribution < 1.29 is 9.53 Å². The van der Waals surface area contributed by atoms with Gasteiger partial charge >= 0.3 is 0 Å². The molecule has 86 valence electrons. The number of carbonyl (C=O) groups excluding carboxylic acids is 1. The zero-order chi connectivity index (χ0) is 11.9. The Bertz CT molecular complexity index is 451. The number of hydrogen-bond donors (Lipinski definition) is 0. The van der Waals surface area contributed by atoms with E-state index in [0.717, 1.165) is 17.4 Å². The lowest BCUT2D eigenvalue weighted by molar-refractivity contribution is -0.119. The Hall–Kier alpha value is -1.93. The van der Waals surface area contributed by atoms with Gasteiger partial charge in [-0.05, 0) is 11.1 Å². The van der Waals surface area contributed by atoms with Gasteiger partial charge in [-0.2, -0.15) is 0 Å². The van der Waals surface area contributed by atoms with E-state index in [1.807, 2.05) is 60.7 Å². The Morgan fingerprint density at radius 3 is 2.12 bits per heavy atom. The van der Waals surface area contributed by atoms with Crippen molar-refractivity contribution >= 4 is 6.29 Å². The lowest BCUT2D eigenvalue weighted by atomic mass is 10.1. The van der Waals surface area contributed by atoms with E-state index in [4.69, 9.17) is 4.74 Å². The predicted molar refractivity (Wildman–Crippen MR) is 66.5 cm³/mol. The molecule has 2 aromatic carbocycles. The molecule has 2 rings (SSSR count). The molecule has 0 aliphatic carbocycles. The van der Waals surface area contributed by atoms with Crippen LogP contribution in [-0.4, -0.2) is 6.29 Å². The summed E-state index contributed by atoms with van der Waals surface area (Å²) < 4.78 is 5.60.